The fourth-order valence-corrected chi connectivity index (χ4v) is 0.989. The van der Waals surface area contributed by atoms with E-state index >= 15 is 0 Å². The summed E-state index contributed by atoms with van der Waals surface area (Å²) >= 11 is 3.26. The molecule has 1 N–H and O–H groups in total. The molecule has 0 spiro atoms. The van der Waals surface area contributed by atoms with Crippen LogP contribution in [0.2, 0.25) is 0 Å². The van der Waals surface area contributed by atoms with Gasteiger partial charge in [0, 0.05) is 0 Å². The Hall–Kier alpha value is -0.410. The molecule has 0 unspecified atom stereocenters. The third-order valence-electron chi connectivity index (χ3n) is 1.25. The minimum absolute atomic E-state index is 0.00111. The molecule has 0 aromatic carbocycles. The van der Waals surface area contributed by atoms with Gasteiger partial charge in [0.25, 0.3) is 0 Å². The van der Waals surface area contributed by atoms with Crippen LogP contribution in [-0.4, -0.2) is 10.1 Å². The predicted octanol–water partition coefficient (Wildman–Crippen LogP) is 1.64. The average molecular weight is 202 g/mol. The third kappa shape index (κ3) is 1.55. The number of aromatic nitrogens is 1. The molecule has 2 nitrogen and oxygen atoms in total. The summed E-state index contributed by atoms with van der Waals surface area (Å²) < 4.78 is 0.805. The first-order chi connectivity index (χ1) is 4.74. The standard InChI is InChI=1S/C7H8BrNO/c1-5-2-3-6(4-10)9-7(5)8/h2-3,10H,4H2,1H3. The van der Waals surface area contributed by atoms with E-state index in [1.807, 2.05) is 13.0 Å². The molecule has 0 fully saturated rings. The Morgan fingerprint density at radius 3 is 2.80 bits per heavy atom. The zero-order valence-electron chi connectivity index (χ0n) is 5.63. The summed E-state index contributed by atoms with van der Waals surface area (Å²) in [5.41, 5.74) is 1.77. The summed E-state index contributed by atoms with van der Waals surface area (Å²) in [5.74, 6) is 0. The Labute approximate surface area is 68.0 Å². The number of pyridine rings is 1. The fourth-order valence-electron chi connectivity index (χ4n) is 0.630. The highest BCUT2D eigenvalue weighted by atomic mass is 79.9. The second kappa shape index (κ2) is 3.12. The summed E-state index contributed by atoms with van der Waals surface area (Å²) in [6, 6.07) is 3.72. The van der Waals surface area contributed by atoms with Gasteiger partial charge < -0.3 is 5.11 Å². The van der Waals surface area contributed by atoms with Crippen LogP contribution in [0.4, 0.5) is 0 Å². The van der Waals surface area contributed by atoms with Crippen molar-refractivity contribution in [3.63, 3.8) is 0 Å². The molecule has 0 bridgehead atoms. The van der Waals surface area contributed by atoms with Crippen LogP contribution in [-0.2, 0) is 6.61 Å². The molecule has 54 valence electrons. The van der Waals surface area contributed by atoms with Gasteiger partial charge in [-0.1, -0.05) is 6.07 Å². The third-order valence-corrected chi connectivity index (χ3v) is 2.06. The van der Waals surface area contributed by atoms with Gasteiger partial charge in [0.1, 0.15) is 4.60 Å². The van der Waals surface area contributed by atoms with E-state index in [1.165, 1.54) is 0 Å². The van der Waals surface area contributed by atoms with Crippen molar-refractivity contribution >= 4 is 15.9 Å². The molecular formula is C7H8BrNO. The van der Waals surface area contributed by atoms with Gasteiger partial charge in [0.15, 0.2) is 0 Å². The van der Waals surface area contributed by atoms with Crippen LogP contribution >= 0.6 is 15.9 Å². The topological polar surface area (TPSA) is 33.1 Å². The smallest absolute Gasteiger partial charge is 0.109 e. The van der Waals surface area contributed by atoms with Crippen molar-refractivity contribution in [3.8, 4) is 0 Å². The predicted molar refractivity (Wildman–Crippen MR) is 42.6 cm³/mol. The zero-order valence-corrected chi connectivity index (χ0v) is 7.22. The summed E-state index contributed by atoms with van der Waals surface area (Å²) in [5, 5.41) is 8.67. The van der Waals surface area contributed by atoms with Gasteiger partial charge in [-0.3, -0.25) is 0 Å². The maximum atomic E-state index is 8.67. The van der Waals surface area contributed by atoms with Crippen LogP contribution in [0, 0.1) is 6.92 Å². The molecule has 1 rings (SSSR count). The minimum atomic E-state index is -0.00111. The molecule has 10 heavy (non-hydrogen) atoms. The van der Waals surface area contributed by atoms with Crippen molar-refractivity contribution < 1.29 is 5.11 Å². The van der Waals surface area contributed by atoms with Crippen molar-refractivity contribution in [2.24, 2.45) is 0 Å². The first-order valence-electron chi connectivity index (χ1n) is 2.97. The van der Waals surface area contributed by atoms with Crippen molar-refractivity contribution in [1.29, 1.82) is 0 Å². The van der Waals surface area contributed by atoms with E-state index in [0.29, 0.717) is 5.69 Å². The average Bonchev–Trinajstić information content (AvgIpc) is 1.95. The second-order valence-electron chi connectivity index (χ2n) is 2.07. The molecule has 0 aliphatic heterocycles. The Morgan fingerprint density at radius 1 is 1.60 bits per heavy atom. The summed E-state index contributed by atoms with van der Waals surface area (Å²) in [6.07, 6.45) is 0. The van der Waals surface area contributed by atoms with Crippen LogP contribution in [0.1, 0.15) is 11.3 Å². The maximum Gasteiger partial charge on any atom is 0.109 e. The SMILES string of the molecule is Cc1ccc(CO)nc1Br. The van der Waals surface area contributed by atoms with Crippen molar-refractivity contribution in [2.45, 2.75) is 13.5 Å². The lowest BCUT2D eigenvalue weighted by Crippen LogP contribution is -1.90. The quantitative estimate of drug-likeness (QED) is 0.702. The molecule has 3 heteroatoms. The van der Waals surface area contributed by atoms with Crippen LogP contribution in [0.3, 0.4) is 0 Å². The first-order valence-corrected chi connectivity index (χ1v) is 3.76. The summed E-state index contributed by atoms with van der Waals surface area (Å²) in [4.78, 5) is 4.06. The maximum absolute atomic E-state index is 8.67. The van der Waals surface area contributed by atoms with Crippen LogP contribution < -0.4 is 0 Å². The number of rotatable bonds is 1. The monoisotopic (exact) mass is 201 g/mol. The number of hydrogen-bond acceptors (Lipinski definition) is 2. The van der Waals surface area contributed by atoms with E-state index in [0.717, 1.165) is 10.2 Å². The van der Waals surface area contributed by atoms with Gasteiger partial charge in [-0.05, 0) is 34.5 Å². The van der Waals surface area contributed by atoms with E-state index in [-0.39, 0.29) is 6.61 Å². The van der Waals surface area contributed by atoms with Crippen molar-refractivity contribution in [2.75, 3.05) is 0 Å². The Kier molecular flexibility index (Phi) is 2.40. The highest BCUT2D eigenvalue weighted by Gasteiger charge is 1.96. The first kappa shape index (κ1) is 7.69. The van der Waals surface area contributed by atoms with E-state index in [9.17, 15) is 0 Å². The van der Waals surface area contributed by atoms with Gasteiger partial charge in [-0.2, -0.15) is 0 Å². The fraction of sp³-hybridized carbons (Fsp3) is 0.286. The van der Waals surface area contributed by atoms with Gasteiger partial charge in [-0.15, -0.1) is 0 Å². The highest BCUT2D eigenvalue weighted by molar-refractivity contribution is 9.10. The van der Waals surface area contributed by atoms with E-state index in [4.69, 9.17) is 5.11 Å². The van der Waals surface area contributed by atoms with Crippen molar-refractivity contribution in [1.82, 2.24) is 4.98 Å². The van der Waals surface area contributed by atoms with Gasteiger partial charge >= 0.3 is 0 Å². The van der Waals surface area contributed by atoms with Gasteiger partial charge in [0.05, 0.1) is 12.3 Å². The number of aliphatic hydroxyl groups excluding tert-OH is 1. The Morgan fingerprint density at radius 2 is 2.30 bits per heavy atom. The van der Waals surface area contributed by atoms with Gasteiger partial charge in [-0.25, -0.2) is 4.98 Å². The van der Waals surface area contributed by atoms with Gasteiger partial charge in [0.2, 0.25) is 0 Å². The molecule has 0 aliphatic rings. The molecule has 0 amide bonds. The number of aryl methyl sites for hydroxylation is 1. The Balaban J connectivity index is 3.04. The normalized spacial score (nSPS) is 9.90. The molecule has 0 radical (unpaired) electrons. The number of nitrogens with zero attached hydrogens (tertiary/aromatic N) is 1. The lowest BCUT2D eigenvalue weighted by atomic mass is 10.3. The molecule has 0 saturated heterocycles. The molecule has 1 aromatic heterocycles. The van der Waals surface area contributed by atoms with Crippen LogP contribution in [0.25, 0.3) is 0 Å². The molecular weight excluding hydrogens is 194 g/mol. The lowest BCUT2D eigenvalue weighted by molar-refractivity contribution is 0.276. The second-order valence-corrected chi connectivity index (χ2v) is 2.82. The molecule has 1 aromatic rings. The molecule has 0 atom stereocenters. The minimum Gasteiger partial charge on any atom is -0.390 e. The molecule has 1 heterocycles. The van der Waals surface area contributed by atoms with Crippen LogP contribution in [0.15, 0.2) is 16.7 Å². The highest BCUT2D eigenvalue weighted by Crippen LogP contribution is 2.12. The zero-order chi connectivity index (χ0) is 7.56. The Bertz CT molecular complexity index is 237. The number of aliphatic hydroxyl groups is 1. The summed E-state index contributed by atoms with van der Waals surface area (Å²) in [7, 11) is 0. The van der Waals surface area contributed by atoms with E-state index in [1.54, 1.807) is 6.07 Å². The number of halogens is 1. The lowest BCUT2D eigenvalue weighted by Gasteiger charge is -1.98. The van der Waals surface area contributed by atoms with E-state index < -0.39 is 0 Å². The van der Waals surface area contributed by atoms with E-state index in [2.05, 4.69) is 20.9 Å². The largest absolute Gasteiger partial charge is 0.390 e. The summed E-state index contributed by atoms with van der Waals surface area (Å²) in [6.45, 7) is 1.96. The molecule has 0 saturated carbocycles. The number of hydrogen-bond donors (Lipinski definition) is 1. The van der Waals surface area contributed by atoms with Crippen molar-refractivity contribution in [3.05, 3.63) is 28.0 Å². The van der Waals surface area contributed by atoms with Crippen LogP contribution in [0.5, 0.6) is 0 Å². The molecule has 0 aliphatic carbocycles.